The van der Waals surface area contributed by atoms with Crippen LogP contribution in [0.1, 0.15) is 39.5 Å². The maximum Gasteiger partial charge on any atom is 0.167 e. The lowest BCUT2D eigenvalue weighted by molar-refractivity contribution is 0.301. The van der Waals surface area contributed by atoms with Crippen molar-refractivity contribution in [2.24, 2.45) is 5.92 Å². The fraction of sp³-hybridized carbons (Fsp3) is 0.625. The van der Waals surface area contributed by atoms with Crippen LogP contribution in [0.5, 0.6) is 5.75 Å². The van der Waals surface area contributed by atoms with E-state index in [0.29, 0.717) is 18.0 Å². The summed E-state index contributed by atoms with van der Waals surface area (Å²) in [4.78, 5) is 2.27. The van der Waals surface area contributed by atoms with Crippen LogP contribution in [0.25, 0.3) is 0 Å². The molecular weight excluding hydrogens is 255 g/mol. The van der Waals surface area contributed by atoms with Gasteiger partial charge in [-0.2, -0.15) is 0 Å². The summed E-state index contributed by atoms with van der Waals surface area (Å²) in [5.41, 5.74) is 7.42. The highest BCUT2D eigenvalue weighted by molar-refractivity contribution is 5.70. The third kappa shape index (κ3) is 3.78. The van der Waals surface area contributed by atoms with Crippen molar-refractivity contribution in [3.8, 4) is 5.75 Å². The second-order valence-corrected chi connectivity index (χ2v) is 5.58. The predicted octanol–water partition coefficient (Wildman–Crippen LogP) is 3.82. The van der Waals surface area contributed by atoms with E-state index in [1.54, 1.807) is 6.07 Å². The predicted molar refractivity (Wildman–Crippen MR) is 81.8 cm³/mol. The van der Waals surface area contributed by atoms with E-state index in [4.69, 9.17) is 10.5 Å². The number of benzene rings is 1. The Balaban J connectivity index is 2.21. The Morgan fingerprint density at radius 2 is 2.05 bits per heavy atom. The van der Waals surface area contributed by atoms with Crippen LogP contribution < -0.4 is 15.4 Å². The van der Waals surface area contributed by atoms with Gasteiger partial charge >= 0.3 is 0 Å². The molecule has 1 aromatic rings. The second kappa shape index (κ2) is 6.82. The summed E-state index contributed by atoms with van der Waals surface area (Å²) < 4.78 is 19.3. The van der Waals surface area contributed by atoms with Gasteiger partial charge in [0, 0.05) is 25.2 Å². The number of halogens is 1. The average molecular weight is 280 g/mol. The van der Waals surface area contributed by atoms with E-state index in [1.807, 2.05) is 6.92 Å². The van der Waals surface area contributed by atoms with Crippen molar-refractivity contribution in [1.82, 2.24) is 0 Å². The van der Waals surface area contributed by atoms with Gasteiger partial charge in [0.2, 0.25) is 0 Å². The monoisotopic (exact) mass is 280 g/mol. The fourth-order valence-corrected chi connectivity index (χ4v) is 2.35. The maximum absolute atomic E-state index is 13.9. The lowest BCUT2D eigenvalue weighted by Crippen LogP contribution is -2.27. The molecule has 0 atom stereocenters. The highest BCUT2D eigenvalue weighted by atomic mass is 19.1. The Bertz CT molecular complexity index is 446. The molecule has 1 aromatic carbocycles. The third-order valence-electron chi connectivity index (χ3n) is 3.55. The van der Waals surface area contributed by atoms with E-state index >= 15 is 0 Å². The van der Waals surface area contributed by atoms with E-state index in [0.717, 1.165) is 37.5 Å². The first-order chi connectivity index (χ1) is 9.65. The van der Waals surface area contributed by atoms with Crippen LogP contribution in [0.15, 0.2) is 12.1 Å². The molecule has 0 amide bonds. The van der Waals surface area contributed by atoms with Gasteiger partial charge in [-0.1, -0.05) is 13.8 Å². The van der Waals surface area contributed by atoms with Gasteiger partial charge in [-0.15, -0.1) is 0 Å². The highest BCUT2D eigenvalue weighted by Gasteiger charge is 2.25. The number of nitrogen functional groups attached to an aromatic ring is 1. The molecule has 0 aliphatic heterocycles. The Morgan fingerprint density at radius 3 is 2.65 bits per heavy atom. The van der Waals surface area contributed by atoms with Crippen LogP contribution in [-0.4, -0.2) is 19.7 Å². The van der Waals surface area contributed by atoms with Gasteiger partial charge in [0.15, 0.2) is 11.6 Å². The second-order valence-electron chi connectivity index (χ2n) is 5.58. The van der Waals surface area contributed by atoms with Crippen molar-refractivity contribution in [2.75, 3.05) is 30.3 Å². The molecule has 112 valence electrons. The fourth-order valence-electron chi connectivity index (χ4n) is 2.35. The lowest BCUT2D eigenvalue weighted by atomic mass is 10.2. The normalized spacial score (nSPS) is 14.3. The van der Waals surface area contributed by atoms with Crippen LogP contribution in [0.4, 0.5) is 15.8 Å². The summed E-state index contributed by atoms with van der Waals surface area (Å²) >= 11 is 0. The number of nitrogens with zero attached hydrogens (tertiary/aromatic N) is 1. The quantitative estimate of drug-likeness (QED) is 0.736. The molecule has 0 aromatic heterocycles. The summed E-state index contributed by atoms with van der Waals surface area (Å²) in [5.74, 6) is 0.710. The van der Waals surface area contributed by atoms with Crippen molar-refractivity contribution in [3.63, 3.8) is 0 Å². The zero-order valence-corrected chi connectivity index (χ0v) is 12.5. The minimum absolute atomic E-state index is 0.313. The van der Waals surface area contributed by atoms with Gasteiger partial charge in [-0.25, -0.2) is 4.39 Å². The van der Waals surface area contributed by atoms with Crippen LogP contribution in [0.2, 0.25) is 0 Å². The molecule has 1 aliphatic carbocycles. The van der Waals surface area contributed by atoms with Crippen molar-refractivity contribution < 1.29 is 9.13 Å². The molecule has 2 N–H and O–H groups in total. The van der Waals surface area contributed by atoms with Crippen LogP contribution in [0, 0.1) is 11.7 Å². The summed E-state index contributed by atoms with van der Waals surface area (Å²) in [6.45, 7) is 6.63. The zero-order chi connectivity index (χ0) is 14.5. The molecule has 0 saturated heterocycles. The van der Waals surface area contributed by atoms with E-state index < -0.39 is 0 Å². The summed E-state index contributed by atoms with van der Waals surface area (Å²) in [5, 5.41) is 0. The number of hydrogen-bond donors (Lipinski definition) is 1. The zero-order valence-electron chi connectivity index (χ0n) is 12.5. The van der Waals surface area contributed by atoms with Crippen LogP contribution >= 0.6 is 0 Å². The Morgan fingerprint density at radius 1 is 1.30 bits per heavy atom. The first kappa shape index (κ1) is 14.9. The summed E-state index contributed by atoms with van der Waals surface area (Å²) in [6, 6.07) is 3.15. The molecular formula is C16H25FN2O. The first-order valence-corrected chi connectivity index (χ1v) is 7.62. The van der Waals surface area contributed by atoms with E-state index in [1.165, 1.54) is 18.9 Å². The molecule has 20 heavy (non-hydrogen) atoms. The van der Waals surface area contributed by atoms with Crippen molar-refractivity contribution in [3.05, 3.63) is 17.9 Å². The smallest absolute Gasteiger partial charge is 0.167 e. The molecule has 4 heteroatoms. The Kier molecular flexibility index (Phi) is 5.10. The molecule has 1 aliphatic rings. The van der Waals surface area contributed by atoms with Crippen LogP contribution in [0.3, 0.4) is 0 Å². The van der Waals surface area contributed by atoms with E-state index in [-0.39, 0.29) is 5.82 Å². The van der Waals surface area contributed by atoms with E-state index in [2.05, 4.69) is 11.8 Å². The highest BCUT2D eigenvalue weighted by Crippen LogP contribution is 2.36. The number of ether oxygens (including phenoxy) is 1. The van der Waals surface area contributed by atoms with Crippen molar-refractivity contribution in [1.29, 1.82) is 0 Å². The molecule has 2 rings (SSSR count). The van der Waals surface area contributed by atoms with Crippen LogP contribution in [-0.2, 0) is 0 Å². The molecule has 0 radical (unpaired) electrons. The number of hydrogen-bond acceptors (Lipinski definition) is 3. The molecule has 0 bridgehead atoms. The first-order valence-electron chi connectivity index (χ1n) is 7.62. The summed E-state index contributed by atoms with van der Waals surface area (Å²) in [7, 11) is 0. The van der Waals surface area contributed by atoms with Gasteiger partial charge in [0.1, 0.15) is 0 Å². The SMILES string of the molecule is CCCOc1cc(N(CCC)CC2CC2)c(N)cc1F. The molecule has 1 fully saturated rings. The maximum atomic E-state index is 13.9. The van der Waals surface area contributed by atoms with Gasteiger partial charge in [-0.3, -0.25) is 0 Å². The average Bonchev–Trinajstić information content (AvgIpc) is 3.21. The van der Waals surface area contributed by atoms with Gasteiger partial charge in [0.25, 0.3) is 0 Å². The van der Waals surface area contributed by atoms with Crippen molar-refractivity contribution in [2.45, 2.75) is 39.5 Å². The molecule has 0 unspecified atom stereocenters. The summed E-state index contributed by atoms with van der Waals surface area (Å²) in [6.07, 6.45) is 4.50. The molecule has 1 saturated carbocycles. The number of anilines is 2. The number of nitrogens with two attached hydrogens (primary N) is 1. The van der Waals surface area contributed by atoms with Gasteiger partial charge in [-0.05, 0) is 31.6 Å². The minimum Gasteiger partial charge on any atom is -0.490 e. The molecule has 0 spiro atoms. The Hall–Kier alpha value is -1.45. The van der Waals surface area contributed by atoms with E-state index in [9.17, 15) is 4.39 Å². The largest absolute Gasteiger partial charge is 0.490 e. The minimum atomic E-state index is -0.373. The van der Waals surface area contributed by atoms with Gasteiger partial charge in [0.05, 0.1) is 18.0 Å². The lowest BCUT2D eigenvalue weighted by Gasteiger charge is -2.26. The van der Waals surface area contributed by atoms with Gasteiger partial charge < -0.3 is 15.4 Å². The molecule has 3 nitrogen and oxygen atoms in total. The third-order valence-corrected chi connectivity index (χ3v) is 3.55. The topological polar surface area (TPSA) is 38.5 Å². The molecule has 0 heterocycles. The Labute approximate surface area is 120 Å². The number of rotatable bonds is 8. The standard InChI is InChI=1S/C16H25FN2O/c1-3-7-19(11-12-5-6-12)15-10-16(20-8-4-2)13(17)9-14(15)18/h9-10,12H,3-8,11,18H2,1-2H3. The van der Waals surface area contributed by atoms with Crippen molar-refractivity contribution >= 4 is 11.4 Å².